The fraction of sp³-hybridized carbons (Fsp3) is 0.167. The lowest BCUT2D eigenvalue weighted by Gasteiger charge is -2.27. The predicted octanol–water partition coefficient (Wildman–Crippen LogP) is 3.80. The summed E-state index contributed by atoms with van der Waals surface area (Å²) in [6.45, 7) is -0.312. The second-order valence-corrected chi connectivity index (χ2v) is 6.47. The third-order valence-corrected chi connectivity index (χ3v) is 4.52. The maximum Gasteiger partial charge on any atom is 0.0959 e. The van der Waals surface area contributed by atoms with E-state index in [9.17, 15) is 10.2 Å². The van der Waals surface area contributed by atoms with Gasteiger partial charge in [-0.05, 0) is 16.7 Å². The SMILES string of the molecule is OCC(O)C(C=Cc1ccccc1)NC(c1ccccc1)c1ccccc1. The van der Waals surface area contributed by atoms with Crippen molar-refractivity contribution in [3.8, 4) is 0 Å². The van der Waals surface area contributed by atoms with Gasteiger partial charge in [0.05, 0.1) is 24.8 Å². The first-order chi connectivity index (χ1) is 13.3. The Morgan fingerprint density at radius 3 is 1.70 bits per heavy atom. The van der Waals surface area contributed by atoms with E-state index < -0.39 is 12.1 Å². The average molecular weight is 359 g/mol. The number of nitrogens with one attached hydrogen (secondary N) is 1. The molecule has 0 amide bonds. The van der Waals surface area contributed by atoms with E-state index in [1.54, 1.807) is 0 Å². The molecular formula is C24H25NO2. The van der Waals surface area contributed by atoms with Crippen LogP contribution in [-0.2, 0) is 0 Å². The summed E-state index contributed by atoms with van der Waals surface area (Å²) in [6.07, 6.45) is 2.97. The molecule has 0 saturated heterocycles. The highest BCUT2D eigenvalue weighted by molar-refractivity contribution is 5.49. The van der Waals surface area contributed by atoms with Gasteiger partial charge in [-0.1, -0.05) is 103 Å². The Balaban J connectivity index is 1.89. The van der Waals surface area contributed by atoms with Crippen molar-refractivity contribution in [2.45, 2.75) is 18.2 Å². The maximum absolute atomic E-state index is 10.4. The van der Waals surface area contributed by atoms with Crippen LogP contribution >= 0.6 is 0 Å². The molecule has 3 aromatic rings. The monoisotopic (exact) mass is 359 g/mol. The number of rotatable bonds is 8. The lowest BCUT2D eigenvalue weighted by Crippen LogP contribution is -2.42. The Morgan fingerprint density at radius 2 is 1.22 bits per heavy atom. The number of benzene rings is 3. The zero-order chi connectivity index (χ0) is 18.9. The van der Waals surface area contributed by atoms with Gasteiger partial charge in [0.2, 0.25) is 0 Å². The first-order valence-electron chi connectivity index (χ1n) is 9.16. The largest absolute Gasteiger partial charge is 0.394 e. The fourth-order valence-electron chi connectivity index (χ4n) is 3.06. The molecule has 0 saturated carbocycles. The molecule has 0 aliphatic carbocycles. The van der Waals surface area contributed by atoms with Crippen molar-refractivity contribution >= 4 is 6.08 Å². The van der Waals surface area contributed by atoms with Gasteiger partial charge in [0.15, 0.2) is 0 Å². The van der Waals surface area contributed by atoms with Crippen LogP contribution in [0.2, 0.25) is 0 Å². The van der Waals surface area contributed by atoms with Crippen LogP contribution in [0.4, 0.5) is 0 Å². The second kappa shape index (κ2) is 9.83. The van der Waals surface area contributed by atoms with Gasteiger partial charge in [0.25, 0.3) is 0 Å². The quantitative estimate of drug-likeness (QED) is 0.573. The summed E-state index contributed by atoms with van der Waals surface area (Å²) in [5.74, 6) is 0. The lowest BCUT2D eigenvalue weighted by atomic mass is 9.96. The summed E-state index contributed by atoms with van der Waals surface area (Å²) in [5, 5.41) is 23.4. The molecule has 0 heterocycles. The highest BCUT2D eigenvalue weighted by atomic mass is 16.3. The first kappa shape index (κ1) is 19.1. The Kier molecular flexibility index (Phi) is 6.94. The molecule has 0 aliphatic rings. The number of aliphatic hydroxyl groups is 2. The minimum Gasteiger partial charge on any atom is -0.394 e. The van der Waals surface area contributed by atoms with Crippen molar-refractivity contribution < 1.29 is 10.2 Å². The normalized spacial score (nSPS) is 13.7. The van der Waals surface area contributed by atoms with Crippen molar-refractivity contribution in [2.75, 3.05) is 6.61 Å². The summed E-state index contributed by atoms with van der Waals surface area (Å²) in [7, 11) is 0. The molecule has 3 N–H and O–H groups in total. The van der Waals surface area contributed by atoms with E-state index in [2.05, 4.69) is 29.6 Å². The third-order valence-electron chi connectivity index (χ3n) is 4.52. The zero-order valence-electron chi connectivity index (χ0n) is 15.1. The van der Waals surface area contributed by atoms with Crippen LogP contribution in [-0.4, -0.2) is 29.0 Å². The van der Waals surface area contributed by atoms with E-state index in [-0.39, 0.29) is 12.6 Å². The molecular weight excluding hydrogens is 334 g/mol. The Bertz CT molecular complexity index is 779. The molecule has 3 nitrogen and oxygen atoms in total. The van der Waals surface area contributed by atoms with Crippen molar-refractivity contribution in [3.05, 3.63) is 114 Å². The molecule has 0 spiro atoms. The van der Waals surface area contributed by atoms with Crippen LogP contribution in [0.3, 0.4) is 0 Å². The van der Waals surface area contributed by atoms with E-state index in [0.29, 0.717) is 0 Å². The van der Waals surface area contributed by atoms with Gasteiger partial charge in [-0.3, -0.25) is 5.32 Å². The Labute approximate surface area is 160 Å². The first-order valence-corrected chi connectivity index (χ1v) is 9.16. The second-order valence-electron chi connectivity index (χ2n) is 6.47. The Hall–Kier alpha value is -2.72. The van der Waals surface area contributed by atoms with E-state index >= 15 is 0 Å². The molecule has 3 heteroatoms. The van der Waals surface area contributed by atoms with Gasteiger partial charge in [0.1, 0.15) is 0 Å². The summed E-state index contributed by atoms with van der Waals surface area (Å²) < 4.78 is 0. The van der Waals surface area contributed by atoms with Crippen molar-refractivity contribution in [2.24, 2.45) is 0 Å². The summed E-state index contributed by atoms with van der Waals surface area (Å²) in [5.41, 5.74) is 3.25. The van der Waals surface area contributed by atoms with Crippen LogP contribution < -0.4 is 5.32 Å². The van der Waals surface area contributed by atoms with E-state index in [4.69, 9.17) is 0 Å². The minimum atomic E-state index is -0.903. The topological polar surface area (TPSA) is 52.5 Å². The number of hydrogen-bond donors (Lipinski definition) is 3. The molecule has 0 bridgehead atoms. The van der Waals surface area contributed by atoms with Gasteiger partial charge < -0.3 is 10.2 Å². The fourth-order valence-corrected chi connectivity index (χ4v) is 3.06. The van der Waals surface area contributed by atoms with Crippen molar-refractivity contribution in [1.82, 2.24) is 5.32 Å². The van der Waals surface area contributed by atoms with Crippen LogP contribution in [0, 0.1) is 0 Å². The molecule has 2 unspecified atom stereocenters. The van der Waals surface area contributed by atoms with Crippen LogP contribution in [0.25, 0.3) is 6.08 Å². The standard InChI is InChI=1S/C24H25NO2/c26-18-23(27)22(17-16-19-10-4-1-5-11-19)25-24(20-12-6-2-7-13-20)21-14-8-3-9-15-21/h1-17,22-27H,18H2. The predicted molar refractivity (Wildman–Crippen MR) is 110 cm³/mol. The molecule has 0 aromatic heterocycles. The lowest BCUT2D eigenvalue weighted by molar-refractivity contribution is 0.0738. The van der Waals surface area contributed by atoms with E-state index in [1.165, 1.54) is 0 Å². The molecule has 0 aliphatic heterocycles. The van der Waals surface area contributed by atoms with Gasteiger partial charge in [-0.2, -0.15) is 0 Å². The summed E-state index contributed by atoms with van der Waals surface area (Å²) >= 11 is 0. The van der Waals surface area contributed by atoms with Gasteiger partial charge in [-0.25, -0.2) is 0 Å². The number of hydrogen-bond acceptors (Lipinski definition) is 3. The van der Waals surface area contributed by atoms with Gasteiger partial charge in [0, 0.05) is 0 Å². The molecule has 0 radical (unpaired) electrons. The minimum absolute atomic E-state index is 0.0981. The molecule has 3 rings (SSSR count). The molecule has 0 fully saturated rings. The van der Waals surface area contributed by atoms with E-state index in [0.717, 1.165) is 16.7 Å². The Morgan fingerprint density at radius 1 is 0.741 bits per heavy atom. The highest BCUT2D eigenvalue weighted by Crippen LogP contribution is 2.23. The average Bonchev–Trinajstić information content (AvgIpc) is 2.75. The molecule has 27 heavy (non-hydrogen) atoms. The van der Waals surface area contributed by atoms with Crippen LogP contribution in [0.5, 0.6) is 0 Å². The third kappa shape index (κ3) is 5.38. The summed E-state index contributed by atoms with van der Waals surface area (Å²) in [4.78, 5) is 0. The maximum atomic E-state index is 10.4. The highest BCUT2D eigenvalue weighted by Gasteiger charge is 2.22. The molecule has 2 atom stereocenters. The van der Waals surface area contributed by atoms with Gasteiger partial charge >= 0.3 is 0 Å². The van der Waals surface area contributed by atoms with E-state index in [1.807, 2.05) is 78.9 Å². The molecule has 3 aromatic carbocycles. The summed E-state index contributed by atoms with van der Waals surface area (Å²) in [6, 6.07) is 29.7. The van der Waals surface area contributed by atoms with Crippen LogP contribution in [0.1, 0.15) is 22.7 Å². The van der Waals surface area contributed by atoms with Crippen molar-refractivity contribution in [1.29, 1.82) is 0 Å². The number of aliphatic hydroxyl groups excluding tert-OH is 2. The smallest absolute Gasteiger partial charge is 0.0959 e. The molecule has 138 valence electrons. The van der Waals surface area contributed by atoms with Crippen molar-refractivity contribution in [3.63, 3.8) is 0 Å². The van der Waals surface area contributed by atoms with Gasteiger partial charge in [-0.15, -0.1) is 0 Å². The van der Waals surface area contributed by atoms with Crippen LogP contribution in [0.15, 0.2) is 97.1 Å². The zero-order valence-corrected chi connectivity index (χ0v) is 15.1.